The topological polar surface area (TPSA) is 59.1 Å². The van der Waals surface area contributed by atoms with Gasteiger partial charge in [0, 0.05) is 23.5 Å². The van der Waals surface area contributed by atoms with Crippen LogP contribution in [0, 0.1) is 5.92 Å². The Kier molecular flexibility index (Phi) is 9.82. The van der Waals surface area contributed by atoms with Gasteiger partial charge in [0.1, 0.15) is 6.54 Å². The van der Waals surface area contributed by atoms with E-state index in [1.165, 1.54) is 18.4 Å². The Morgan fingerprint density at radius 2 is 1.68 bits per heavy atom. The van der Waals surface area contributed by atoms with Gasteiger partial charge < -0.3 is 19.3 Å². The van der Waals surface area contributed by atoms with Crippen molar-refractivity contribution in [3.8, 4) is 11.5 Å². The third kappa shape index (κ3) is 7.60. The lowest BCUT2D eigenvalue weighted by Crippen LogP contribution is -2.43. The van der Waals surface area contributed by atoms with Crippen LogP contribution in [0.5, 0.6) is 11.5 Å². The van der Waals surface area contributed by atoms with Gasteiger partial charge in [-0.25, -0.2) is 0 Å². The lowest BCUT2D eigenvalue weighted by molar-refractivity contribution is -0.133. The SMILES string of the molecule is CCCCCc1ccc(C(=O)N(CC(=O)N(Cc2ccc3c(c2)OCO3)Cc2cccs2)CC(C)C)cc1. The Morgan fingerprint density at radius 1 is 0.921 bits per heavy atom. The number of hydrogen-bond donors (Lipinski definition) is 0. The average Bonchev–Trinajstić information content (AvgIpc) is 3.59. The fourth-order valence-electron chi connectivity index (χ4n) is 4.58. The largest absolute Gasteiger partial charge is 0.454 e. The van der Waals surface area contributed by atoms with Crippen LogP contribution in [0.15, 0.2) is 60.0 Å². The third-order valence-electron chi connectivity index (χ3n) is 6.56. The first-order valence-corrected chi connectivity index (χ1v) is 14.4. The Hall–Kier alpha value is -3.32. The first-order chi connectivity index (χ1) is 18.4. The highest BCUT2D eigenvalue weighted by atomic mass is 32.1. The summed E-state index contributed by atoms with van der Waals surface area (Å²) in [5.41, 5.74) is 2.82. The molecule has 0 atom stereocenters. The van der Waals surface area contributed by atoms with Crippen LogP contribution in [-0.4, -0.2) is 41.5 Å². The number of ether oxygens (including phenoxy) is 2. The van der Waals surface area contributed by atoms with Crippen LogP contribution in [-0.2, 0) is 24.3 Å². The first kappa shape index (κ1) is 27.7. The third-order valence-corrected chi connectivity index (χ3v) is 7.42. The maximum absolute atomic E-state index is 13.7. The van der Waals surface area contributed by atoms with E-state index in [0.29, 0.717) is 30.9 Å². The quantitative estimate of drug-likeness (QED) is 0.234. The standard InChI is InChI=1S/C31H38N2O4S/c1-4-5-6-8-24-10-13-26(14-11-24)31(35)33(18-23(2)3)21-30(34)32(20-27-9-7-16-38-27)19-25-12-15-28-29(17-25)37-22-36-28/h7,9-17,23H,4-6,8,18-22H2,1-3H3. The summed E-state index contributed by atoms with van der Waals surface area (Å²) in [6, 6.07) is 17.7. The lowest BCUT2D eigenvalue weighted by atomic mass is 10.0. The second-order valence-electron chi connectivity index (χ2n) is 10.3. The van der Waals surface area contributed by atoms with Crippen molar-refractivity contribution in [3.63, 3.8) is 0 Å². The van der Waals surface area contributed by atoms with Gasteiger partial charge in [0.15, 0.2) is 11.5 Å². The normalized spacial score (nSPS) is 12.1. The number of nitrogens with zero attached hydrogens (tertiary/aromatic N) is 2. The number of thiophene rings is 1. The molecule has 1 aliphatic heterocycles. The van der Waals surface area contributed by atoms with Gasteiger partial charge >= 0.3 is 0 Å². The van der Waals surface area contributed by atoms with E-state index in [4.69, 9.17) is 9.47 Å². The molecule has 1 aromatic heterocycles. The van der Waals surface area contributed by atoms with E-state index in [9.17, 15) is 9.59 Å². The fraction of sp³-hybridized carbons (Fsp3) is 0.419. The molecule has 0 bridgehead atoms. The molecule has 4 rings (SSSR count). The van der Waals surface area contributed by atoms with Crippen LogP contribution in [0.1, 0.15) is 66.4 Å². The summed E-state index contributed by atoms with van der Waals surface area (Å²) < 4.78 is 11.0. The van der Waals surface area contributed by atoms with Gasteiger partial charge in [-0.2, -0.15) is 0 Å². The highest BCUT2D eigenvalue weighted by molar-refractivity contribution is 7.09. The summed E-state index contributed by atoms with van der Waals surface area (Å²) in [7, 11) is 0. The molecule has 1 aliphatic rings. The molecule has 0 saturated heterocycles. The van der Waals surface area contributed by atoms with E-state index in [-0.39, 0.29) is 31.1 Å². The molecule has 6 nitrogen and oxygen atoms in total. The maximum atomic E-state index is 13.7. The molecule has 2 heterocycles. The van der Waals surface area contributed by atoms with Crippen molar-refractivity contribution in [2.75, 3.05) is 19.9 Å². The number of rotatable bonds is 13. The molecule has 7 heteroatoms. The number of unbranched alkanes of at least 4 members (excludes halogenated alkanes) is 2. The van der Waals surface area contributed by atoms with E-state index in [1.54, 1.807) is 16.2 Å². The summed E-state index contributed by atoms with van der Waals surface area (Å²) in [5, 5.41) is 2.01. The van der Waals surface area contributed by atoms with Crippen LogP contribution in [0.25, 0.3) is 0 Å². The summed E-state index contributed by atoms with van der Waals surface area (Å²) >= 11 is 1.62. The molecule has 202 valence electrons. The van der Waals surface area contributed by atoms with Crippen molar-refractivity contribution >= 4 is 23.2 Å². The Morgan fingerprint density at radius 3 is 2.39 bits per heavy atom. The van der Waals surface area contributed by atoms with Gasteiger partial charge in [-0.05, 0) is 65.6 Å². The number of carbonyl (C=O) groups is 2. The van der Waals surface area contributed by atoms with Gasteiger partial charge in [0.05, 0.1) is 6.54 Å². The van der Waals surface area contributed by atoms with Crippen molar-refractivity contribution in [2.45, 2.75) is 59.5 Å². The van der Waals surface area contributed by atoms with Crippen molar-refractivity contribution in [3.05, 3.63) is 81.5 Å². The zero-order valence-corrected chi connectivity index (χ0v) is 23.5. The van der Waals surface area contributed by atoms with Gasteiger partial charge in [-0.1, -0.05) is 57.9 Å². The van der Waals surface area contributed by atoms with Gasteiger partial charge in [-0.3, -0.25) is 9.59 Å². The fourth-order valence-corrected chi connectivity index (χ4v) is 5.30. The number of carbonyl (C=O) groups excluding carboxylic acids is 2. The summed E-state index contributed by atoms with van der Waals surface area (Å²) in [6.45, 7) is 8.00. The second-order valence-corrected chi connectivity index (χ2v) is 11.3. The van der Waals surface area contributed by atoms with E-state index in [1.807, 2.05) is 64.9 Å². The zero-order chi connectivity index (χ0) is 26.9. The van der Waals surface area contributed by atoms with Crippen molar-refractivity contribution in [1.82, 2.24) is 9.80 Å². The summed E-state index contributed by atoms with van der Waals surface area (Å²) in [5.74, 6) is 1.46. The molecule has 0 spiro atoms. The number of hydrogen-bond acceptors (Lipinski definition) is 5. The van der Waals surface area contributed by atoms with Crippen LogP contribution in [0.4, 0.5) is 0 Å². The van der Waals surface area contributed by atoms with Crippen LogP contribution < -0.4 is 9.47 Å². The maximum Gasteiger partial charge on any atom is 0.254 e. The van der Waals surface area contributed by atoms with Crippen molar-refractivity contribution in [1.29, 1.82) is 0 Å². The number of aryl methyl sites for hydroxylation is 1. The predicted molar refractivity (Wildman–Crippen MR) is 152 cm³/mol. The highest BCUT2D eigenvalue weighted by Crippen LogP contribution is 2.33. The predicted octanol–water partition coefficient (Wildman–Crippen LogP) is 6.54. The lowest BCUT2D eigenvalue weighted by Gasteiger charge is -2.29. The molecular formula is C31H38N2O4S. The van der Waals surface area contributed by atoms with Gasteiger partial charge in [-0.15, -0.1) is 11.3 Å². The van der Waals surface area contributed by atoms with Crippen molar-refractivity contribution in [2.24, 2.45) is 5.92 Å². The van der Waals surface area contributed by atoms with Gasteiger partial charge in [0.25, 0.3) is 5.91 Å². The Balaban J connectivity index is 1.49. The van der Waals surface area contributed by atoms with Crippen molar-refractivity contribution < 1.29 is 19.1 Å². The molecule has 0 N–H and O–H groups in total. The Bertz CT molecular complexity index is 1190. The molecule has 0 fully saturated rings. The average molecular weight is 535 g/mol. The monoisotopic (exact) mass is 534 g/mol. The van der Waals surface area contributed by atoms with Crippen LogP contribution in [0.3, 0.4) is 0 Å². The van der Waals surface area contributed by atoms with Crippen LogP contribution >= 0.6 is 11.3 Å². The molecule has 0 aliphatic carbocycles. The van der Waals surface area contributed by atoms with E-state index < -0.39 is 0 Å². The molecule has 0 saturated carbocycles. The molecule has 38 heavy (non-hydrogen) atoms. The minimum absolute atomic E-state index is 0.0329. The summed E-state index contributed by atoms with van der Waals surface area (Å²) in [4.78, 5) is 31.9. The second kappa shape index (κ2) is 13.5. The zero-order valence-electron chi connectivity index (χ0n) is 22.7. The molecule has 0 unspecified atom stereocenters. The Labute approximate surface area is 230 Å². The first-order valence-electron chi connectivity index (χ1n) is 13.5. The van der Waals surface area contributed by atoms with E-state index in [0.717, 1.165) is 29.0 Å². The molecule has 0 radical (unpaired) electrons. The van der Waals surface area contributed by atoms with E-state index >= 15 is 0 Å². The van der Waals surface area contributed by atoms with Gasteiger partial charge in [0.2, 0.25) is 12.7 Å². The molecule has 2 aromatic carbocycles. The molecule has 2 amide bonds. The summed E-state index contributed by atoms with van der Waals surface area (Å²) in [6.07, 6.45) is 4.57. The number of benzene rings is 2. The number of amides is 2. The van der Waals surface area contributed by atoms with Crippen LogP contribution in [0.2, 0.25) is 0 Å². The minimum Gasteiger partial charge on any atom is -0.454 e. The van der Waals surface area contributed by atoms with E-state index in [2.05, 4.69) is 20.8 Å². The molecule has 3 aromatic rings. The smallest absolute Gasteiger partial charge is 0.254 e. The highest BCUT2D eigenvalue weighted by Gasteiger charge is 2.24. The number of fused-ring (bicyclic) bond motifs is 1. The molecular weight excluding hydrogens is 496 g/mol. The minimum atomic E-state index is -0.105.